The third-order valence-corrected chi connectivity index (χ3v) is 2.58. The molecule has 2 amide bonds. The predicted molar refractivity (Wildman–Crippen MR) is 59.9 cm³/mol. The standard InChI is InChI=1S/C10H15F3N2O5/c1-9(7(17)18,10(11,12)13)14-8(19)15(2)5-4-6(16)20-3/h4-5H2,1-3H3,(H,14,19)(H,17,18). The molecule has 0 radical (unpaired) electrons. The number of alkyl halides is 3. The number of carboxylic acid groups (broad SMARTS) is 1. The van der Waals surface area contributed by atoms with Gasteiger partial charge in [0.2, 0.25) is 5.54 Å². The molecule has 0 bridgehead atoms. The molecule has 1 unspecified atom stereocenters. The number of rotatable bonds is 5. The maximum atomic E-state index is 12.7. The Bertz CT molecular complexity index is 399. The van der Waals surface area contributed by atoms with Crippen LogP contribution in [0.3, 0.4) is 0 Å². The van der Waals surface area contributed by atoms with Crippen LogP contribution in [0.1, 0.15) is 13.3 Å². The molecule has 0 saturated carbocycles. The van der Waals surface area contributed by atoms with Crippen LogP contribution >= 0.6 is 0 Å². The molecule has 7 nitrogen and oxygen atoms in total. The molecule has 10 heteroatoms. The maximum Gasteiger partial charge on any atom is 0.422 e. The molecule has 0 heterocycles. The van der Waals surface area contributed by atoms with Crippen molar-refractivity contribution in [3.05, 3.63) is 0 Å². The summed E-state index contributed by atoms with van der Waals surface area (Å²) >= 11 is 0. The smallest absolute Gasteiger partial charge is 0.422 e. The van der Waals surface area contributed by atoms with Gasteiger partial charge in [0, 0.05) is 13.6 Å². The molecule has 0 saturated heterocycles. The Morgan fingerprint density at radius 2 is 1.80 bits per heavy atom. The molecule has 0 aromatic heterocycles. The summed E-state index contributed by atoms with van der Waals surface area (Å²) in [4.78, 5) is 33.8. The minimum Gasteiger partial charge on any atom is -0.479 e. The molecule has 0 aliphatic rings. The van der Waals surface area contributed by atoms with Crippen LogP contribution in [0.4, 0.5) is 18.0 Å². The van der Waals surface area contributed by atoms with E-state index >= 15 is 0 Å². The number of amides is 2. The Morgan fingerprint density at radius 3 is 2.15 bits per heavy atom. The topological polar surface area (TPSA) is 95.9 Å². The molecule has 20 heavy (non-hydrogen) atoms. The highest BCUT2D eigenvalue weighted by Gasteiger charge is 2.58. The zero-order valence-corrected chi connectivity index (χ0v) is 11.1. The molecule has 0 spiro atoms. The molecular weight excluding hydrogens is 285 g/mol. The van der Waals surface area contributed by atoms with Gasteiger partial charge in [-0.15, -0.1) is 0 Å². The monoisotopic (exact) mass is 300 g/mol. The van der Waals surface area contributed by atoms with Crippen molar-refractivity contribution in [2.24, 2.45) is 0 Å². The zero-order chi connectivity index (χ0) is 16.1. The molecule has 0 aromatic rings. The van der Waals surface area contributed by atoms with Crippen molar-refractivity contribution in [1.29, 1.82) is 0 Å². The van der Waals surface area contributed by atoms with Crippen molar-refractivity contribution in [2.45, 2.75) is 25.1 Å². The fourth-order valence-corrected chi connectivity index (χ4v) is 1.02. The summed E-state index contributed by atoms with van der Waals surface area (Å²) in [7, 11) is 2.24. The Hall–Kier alpha value is -2.00. The lowest BCUT2D eigenvalue weighted by Gasteiger charge is -2.30. The van der Waals surface area contributed by atoms with E-state index < -0.39 is 29.7 Å². The summed E-state index contributed by atoms with van der Waals surface area (Å²) in [5.41, 5.74) is -3.41. The SMILES string of the molecule is COC(=O)CCN(C)C(=O)NC(C)(C(=O)O)C(F)(F)F. The van der Waals surface area contributed by atoms with Crippen molar-refractivity contribution in [3.63, 3.8) is 0 Å². The molecule has 2 N–H and O–H groups in total. The van der Waals surface area contributed by atoms with Crippen LogP contribution in [-0.4, -0.2) is 60.4 Å². The molecule has 116 valence electrons. The first-order valence-electron chi connectivity index (χ1n) is 5.36. The lowest BCUT2D eigenvalue weighted by molar-refractivity contribution is -0.203. The lowest BCUT2D eigenvalue weighted by atomic mass is 10.0. The van der Waals surface area contributed by atoms with Crippen molar-refractivity contribution in [1.82, 2.24) is 10.2 Å². The van der Waals surface area contributed by atoms with E-state index in [4.69, 9.17) is 5.11 Å². The fraction of sp³-hybridized carbons (Fsp3) is 0.700. The number of ether oxygens (including phenoxy) is 1. The van der Waals surface area contributed by atoms with E-state index in [1.807, 2.05) is 0 Å². The summed E-state index contributed by atoms with van der Waals surface area (Å²) in [5.74, 6) is -2.89. The Kier molecular flexibility index (Phi) is 5.79. The predicted octanol–water partition coefficient (Wildman–Crippen LogP) is 0.596. The van der Waals surface area contributed by atoms with Gasteiger partial charge < -0.3 is 20.1 Å². The van der Waals surface area contributed by atoms with Crippen molar-refractivity contribution >= 4 is 18.0 Å². The number of urea groups is 1. The van der Waals surface area contributed by atoms with Gasteiger partial charge >= 0.3 is 24.1 Å². The molecule has 0 aromatic carbocycles. The van der Waals surface area contributed by atoms with E-state index in [-0.39, 0.29) is 13.0 Å². The third kappa shape index (κ3) is 4.28. The van der Waals surface area contributed by atoms with Crippen LogP contribution in [0.5, 0.6) is 0 Å². The Labute approximate surface area is 112 Å². The quantitative estimate of drug-likeness (QED) is 0.725. The molecule has 0 aliphatic heterocycles. The van der Waals surface area contributed by atoms with E-state index in [2.05, 4.69) is 4.74 Å². The van der Waals surface area contributed by atoms with Gasteiger partial charge in [0.1, 0.15) is 0 Å². The number of hydrogen-bond acceptors (Lipinski definition) is 4. The first-order valence-corrected chi connectivity index (χ1v) is 5.36. The van der Waals surface area contributed by atoms with Crippen LogP contribution in [0.2, 0.25) is 0 Å². The van der Waals surface area contributed by atoms with Crippen molar-refractivity contribution in [2.75, 3.05) is 20.7 Å². The van der Waals surface area contributed by atoms with E-state index in [0.717, 1.165) is 19.1 Å². The van der Waals surface area contributed by atoms with Crippen LogP contribution < -0.4 is 5.32 Å². The van der Waals surface area contributed by atoms with Crippen molar-refractivity contribution < 1.29 is 37.4 Å². The van der Waals surface area contributed by atoms with E-state index in [1.54, 1.807) is 0 Å². The Balaban J connectivity index is 4.79. The van der Waals surface area contributed by atoms with Crippen LogP contribution in [0.25, 0.3) is 0 Å². The minimum absolute atomic E-state index is 0.216. The van der Waals surface area contributed by atoms with Gasteiger partial charge in [-0.3, -0.25) is 4.79 Å². The fourth-order valence-electron chi connectivity index (χ4n) is 1.02. The van der Waals surface area contributed by atoms with E-state index in [0.29, 0.717) is 6.92 Å². The number of carbonyl (C=O) groups is 3. The summed E-state index contributed by atoms with van der Waals surface area (Å²) < 4.78 is 42.3. The van der Waals surface area contributed by atoms with Gasteiger partial charge in [0.15, 0.2) is 0 Å². The largest absolute Gasteiger partial charge is 0.479 e. The number of halogens is 3. The second kappa shape index (κ2) is 6.44. The number of aliphatic carboxylic acids is 1. The summed E-state index contributed by atoms with van der Waals surface area (Å²) in [6.07, 6.45) is -5.39. The third-order valence-electron chi connectivity index (χ3n) is 2.58. The van der Waals surface area contributed by atoms with E-state index in [1.165, 1.54) is 5.32 Å². The number of esters is 1. The maximum absolute atomic E-state index is 12.7. The minimum atomic E-state index is -5.17. The number of carbonyl (C=O) groups excluding carboxylic acids is 2. The number of nitrogens with one attached hydrogen (secondary N) is 1. The first kappa shape index (κ1) is 18.0. The summed E-state index contributed by atoms with van der Waals surface area (Å²) in [6, 6.07) is -1.27. The first-order chi connectivity index (χ1) is 8.95. The number of carboxylic acids is 1. The van der Waals surface area contributed by atoms with Gasteiger partial charge in [-0.25, -0.2) is 9.59 Å². The van der Waals surface area contributed by atoms with Crippen LogP contribution in [0.15, 0.2) is 0 Å². The van der Waals surface area contributed by atoms with Gasteiger partial charge in [-0.1, -0.05) is 0 Å². The molecule has 0 fully saturated rings. The van der Waals surface area contributed by atoms with Gasteiger partial charge in [-0.2, -0.15) is 13.2 Å². The second-order valence-electron chi connectivity index (χ2n) is 4.11. The van der Waals surface area contributed by atoms with Gasteiger partial charge in [0.25, 0.3) is 0 Å². The highest BCUT2D eigenvalue weighted by molar-refractivity contribution is 5.86. The normalized spacial score (nSPS) is 14.1. The lowest BCUT2D eigenvalue weighted by Crippen LogP contribution is -2.63. The van der Waals surface area contributed by atoms with Crippen LogP contribution in [-0.2, 0) is 14.3 Å². The van der Waals surface area contributed by atoms with Gasteiger partial charge in [0.05, 0.1) is 13.5 Å². The highest BCUT2D eigenvalue weighted by Crippen LogP contribution is 2.30. The number of methoxy groups -OCH3 is 1. The molecular formula is C10H15F3N2O5. The average Bonchev–Trinajstić information content (AvgIpc) is 2.33. The van der Waals surface area contributed by atoms with Crippen LogP contribution in [0, 0.1) is 0 Å². The van der Waals surface area contributed by atoms with Gasteiger partial charge in [-0.05, 0) is 6.92 Å². The van der Waals surface area contributed by atoms with E-state index in [9.17, 15) is 27.6 Å². The summed E-state index contributed by atoms with van der Waals surface area (Å²) in [5, 5.41) is 10.0. The molecule has 0 aliphatic carbocycles. The highest BCUT2D eigenvalue weighted by atomic mass is 19.4. The number of nitrogens with zero attached hydrogens (tertiary/aromatic N) is 1. The number of hydrogen-bond donors (Lipinski definition) is 2. The molecule has 1 atom stereocenters. The van der Waals surface area contributed by atoms with Crippen molar-refractivity contribution in [3.8, 4) is 0 Å². The Morgan fingerprint density at radius 1 is 1.30 bits per heavy atom. The molecule has 0 rings (SSSR count). The summed E-state index contributed by atoms with van der Waals surface area (Å²) in [6.45, 7) is 0.118. The zero-order valence-electron chi connectivity index (χ0n) is 11.1. The average molecular weight is 300 g/mol. The second-order valence-corrected chi connectivity index (χ2v) is 4.11.